The van der Waals surface area contributed by atoms with E-state index in [1.807, 2.05) is 4.90 Å². The molecule has 2 saturated heterocycles. The molecule has 0 saturated carbocycles. The van der Waals surface area contributed by atoms with Gasteiger partial charge in [0, 0.05) is 26.2 Å². The Labute approximate surface area is 189 Å². The van der Waals surface area contributed by atoms with Crippen LogP contribution in [0.5, 0.6) is 0 Å². The van der Waals surface area contributed by atoms with Crippen LogP contribution in [-0.2, 0) is 19.6 Å². The predicted octanol–water partition coefficient (Wildman–Crippen LogP) is 0.0677. The maximum absolute atomic E-state index is 13.0. The molecule has 10 nitrogen and oxygen atoms in total. The van der Waals surface area contributed by atoms with Crippen molar-refractivity contribution in [1.29, 1.82) is 5.41 Å². The summed E-state index contributed by atoms with van der Waals surface area (Å²) >= 11 is 0. The van der Waals surface area contributed by atoms with Gasteiger partial charge >= 0.3 is 0 Å². The Bertz CT molecular complexity index is 915. The van der Waals surface area contributed by atoms with E-state index in [0.29, 0.717) is 51.4 Å². The fourth-order valence-corrected chi connectivity index (χ4v) is 5.34. The summed E-state index contributed by atoms with van der Waals surface area (Å²) in [6, 6.07) is 7.06. The van der Waals surface area contributed by atoms with Crippen molar-refractivity contribution in [1.82, 2.24) is 19.8 Å². The Morgan fingerprint density at radius 3 is 2.44 bits per heavy atom. The molecule has 5 N–H and O–H groups in total. The van der Waals surface area contributed by atoms with Crippen molar-refractivity contribution in [3.8, 4) is 0 Å². The topological polar surface area (TPSA) is 149 Å². The minimum Gasteiger partial charge on any atom is -0.370 e. The zero-order valence-electron chi connectivity index (χ0n) is 18.1. The lowest BCUT2D eigenvalue weighted by Gasteiger charge is -2.32. The number of carbonyl (C=O) groups is 2. The molecule has 1 aromatic rings. The number of sulfonamides is 1. The van der Waals surface area contributed by atoms with Crippen LogP contribution in [0, 0.1) is 11.3 Å². The lowest BCUT2D eigenvalue weighted by Crippen LogP contribution is -2.50. The molecule has 2 aliphatic heterocycles. The summed E-state index contributed by atoms with van der Waals surface area (Å²) in [7, 11) is -3.82. The van der Waals surface area contributed by atoms with Crippen molar-refractivity contribution in [3.05, 3.63) is 30.3 Å². The van der Waals surface area contributed by atoms with Crippen molar-refractivity contribution in [2.24, 2.45) is 11.7 Å². The molecule has 32 heavy (non-hydrogen) atoms. The third kappa shape index (κ3) is 6.42. The van der Waals surface area contributed by atoms with Gasteiger partial charge in [-0.25, -0.2) is 8.42 Å². The first kappa shape index (κ1) is 24.0. The van der Waals surface area contributed by atoms with Gasteiger partial charge in [0.05, 0.1) is 11.4 Å². The van der Waals surface area contributed by atoms with E-state index in [1.165, 1.54) is 17.0 Å². The van der Waals surface area contributed by atoms with Gasteiger partial charge < -0.3 is 20.9 Å². The fraction of sp³-hybridized carbons (Fsp3) is 0.571. The summed E-state index contributed by atoms with van der Waals surface area (Å²) in [5.74, 6) is -0.241. The van der Waals surface area contributed by atoms with Gasteiger partial charge in [-0.3, -0.25) is 15.0 Å². The van der Waals surface area contributed by atoms with Gasteiger partial charge in [-0.05, 0) is 50.2 Å². The molecule has 0 spiro atoms. The molecule has 0 aliphatic carbocycles. The summed E-state index contributed by atoms with van der Waals surface area (Å²) in [5.41, 5.74) is 5.51. The monoisotopic (exact) mass is 464 g/mol. The number of piperidine rings is 1. The standard InChI is InChI=1S/C21H32N6O4S/c22-21(23)26-12-9-16(10-13-26)14-24-19(28)15-27-11-5-4-8-18(20(27)29)25-32(30,31)17-6-2-1-3-7-17/h1-3,6-7,16,18,25H,4-5,8-15H2,(H3,22,23)(H,24,28). The molecule has 1 aromatic carbocycles. The zero-order valence-corrected chi connectivity index (χ0v) is 18.9. The van der Waals surface area contributed by atoms with Gasteiger partial charge in [-0.15, -0.1) is 0 Å². The average molecular weight is 465 g/mol. The van der Waals surface area contributed by atoms with Gasteiger partial charge in [-0.2, -0.15) is 4.72 Å². The second kappa shape index (κ2) is 10.8. The van der Waals surface area contributed by atoms with E-state index in [1.54, 1.807) is 18.2 Å². The zero-order chi connectivity index (χ0) is 23.1. The Kier molecular flexibility index (Phi) is 8.08. The van der Waals surface area contributed by atoms with Crippen LogP contribution in [0.4, 0.5) is 0 Å². The van der Waals surface area contributed by atoms with Gasteiger partial charge in [0.1, 0.15) is 6.04 Å². The second-order valence-corrected chi connectivity index (χ2v) is 10.1. The number of nitrogens with two attached hydrogens (primary N) is 1. The average Bonchev–Trinajstić information content (AvgIpc) is 2.94. The first-order valence-electron chi connectivity index (χ1n) is 11.0. The largest absolute Gasteiger partial charge is 0.370 e. The first-order valence-corrected chi connectivity index (χ1v) is 12.5. The lowest BCUT2D eigenvalue weighted by molar-refractivity contribution is -0.137. The molecule has 176 valence electrons. The molecule has 3 rings (SSSR count). The van der Waals surface area contributed by atoms with E-state index in [0.717, 1.165) is 12.8 Å². The molecule has 2 heterocycles. The van der Waals surface area contributed by atoms with Crippen LogP contribution in [-0.4, -0.2) is 74.8 Å². The van der Waals surface area contributed by atoms with Crippen molar-refractivity contribution in [2.75, 3.05) is 32.7 Å². The normalized spacial score (nSPS) is 20.6. The van der Waals surface area contributed by atoms with Gasteiger partial charge in [0.15, 0.2) is 5.96 Å². The number of rotatable bonds is 7. The van der Waals surface area contributed by atoms with Crippen molar-refractivity contribution in [3.63, 3.8) is 0 Å². The molecule has 2 amide bonds. The molecule has 0 radical (unpaired) electrons. The van der Waals surface area contributed by atoms with Gasteiger partial charge in [0.25, 0.3) is 0 Å². The molecular weight excluding hydrogens is 432 g/mol. The highest BCUT2D eigenvalue weighted by Gasteiger charge is 2.32. The van der Waals surface area contributed by atoms with E-state index in [9.17, 15) is 18.0 Å². The maximum Gasteiger partial charge on any atom is 0.241 e. The van der Waals surface area contributed by atoms with Crippen LogP contribution in [0.15, 0.2) is 35.2 Å². The molecule has 11 heteroatoms. The number of guanidine groups is 1. The fourth-order valence-electron chi connectivity index (χ4n) is 4.09. The van der Waals surface area contributed by atoms with Gasteiger partial charge in [-0.1, -0.05) is 18.2 Å². The molecule has 1 unspecified atom stereocenters. The number of nitrogens with one attached hydrogen (secondary N) is 3. The summed E-state index contributed by atoms with van der Waals surface area (Å²) in [4.78, 5) is 28.8. The maximum atomic E-state index is 13.0. The van der Waals surface area contributed by atoms with Crippen LogP contribution in [0.3, 0.4) is 0 Å². The number of hydrogen-bond donors (Lipinski definition) is 4. The Morgan fingerprint density at radius 2 is 1.78 bits per heavy atom. The quantitative estimate of drug-likeness (QED) is 0.331. The van der Waals surface area contributed by atoms with Crippen LogP contribution in [0.2, 0.25) is 0 Å². The van der Waals surface area contributed by atoms with Gasteiger partial charge in [0.2, 0.25) is 21.8 Å². The van der Waals surface area contributed by atoms with E-state index in [4.69, 9.17) is 11.1 Å². The van der Waals surface area contributed by atoms with Crippen LogP contribution >= 0.6 is 0 Å². The molecule has 2 fully saturated rings. The SMILES string of the molecule is N=C(N)N1CCC(CNC(=O)CN2CCCCC(NS(=O)(=O)c3ccccc3)C2=O)CC1. The Morgan fingerprint density at radius 1 is 1.09 bits per heavy atom. The third-order valence-electron chi connectivity index (χ3n) is 6.01. The summed E-state index contributed by atoms with van der Waals surface area (Å²) in [5, 5.41) is 10.4. The van der Waals surface area contributed by atoms with E-state index in [-0.39, 0.29) is 29.2 Å². The lowest BCUT2D eigenvalue weighted by atomic mass is 9.97. The van der Waals surface area contributed by atoms with E-state index < -0.39 is 16.1 Å². The summed E-state index contributed by atoms with van der Waals surface area (Å²) < 4.78 is 27.8. The highest BCUT2D eigenvalue weighted by Crippen LogP contribution is 2.17. The van der Waals surface area contributed by atoms with Crippen molar-refractivity contribution in [2.45, 2.75) is 43.0 Å². The summed E-state index contributed by atoms with van der Waals surface area (Å²) in [6.45, 7) is 2.24. The van der Waals surface area contributed by atoms with Crippen molar-refractivity contribution < 1.29 is 18.0 Å². The third-order valence-corrected chi connectivity index (χ3v) is 7.50. The number of likely N-dealkylation sites (tertiary alicyclic amines) is 2. The molecule has 0 aromatic heterocycles. The van der Waals surface area contributed by atoms with Crippen molar-refractivity contribution >= 4 is 27.8 Å². The predicted molar refractivity (Wildman–Crippen MR) is 120 cm³/mol. The summed E-state index contributed by atoms with van der Waals surface area (Å²) in [6.07, 6.45) is 3.49. The highest BCUT2D eigenvalue weighted by molar-refractivity contribution is 7.89. The number of benzene rings is 1. The molecule has 0 bridgehead atoms. The molecular formula is C21H32N6O4S. The second-order valence-electron chi connectivity index (χ2n) is 8.36. The van der Waals surface area contributed by atoms with Crippen LogP contribution < -0.4 is 15.8 Å². The Balaban J connectivity index is 1.52. The highest BCUT2D eigenvalue weighted by atomic mass is 32.2. The first-order chi connectivity index (χ1) is 15.3. The number of nitrogens with zero attached hydrogens (tertiary/aromatic N) is 2. The van der Waals surface area contributed by atoms with E-state index in [2.05, 4.69) is 10.0 Å². The van der Waals surface area contributed by atoms with Crippen LogP contribution in [0.25, 0.3) is 0 Å². The number of hydrogen-bond acceptors (Lipinski definition) is 5. The smallest absolute Gasteiger partial charge is 0.241 e. The number of carbonyl (C=O) groups excluding carboxylic acids is 2. The van der Waals surface area contributed by atoms with Crippen LogP contribution in [0.1, 0.15) is 32.1 Å². The molecule has 2 aliphatic rings. The molecule has 1 atom stereocenters. The minimum atomic E-state index is -3.82. The minimum absolute atomic E-state index is 0.0737. The van der Waals surface area contributed by atoms with E-state index >= 15 is 0 Å². The Hall–Kier alpha value is -2.66. The number of amides is 2.